The standard InChI is InChI=1S/C22H28N4O3/c1-15-17(12-13-20(27)23-14-8-4-5-11-21(28)29-3)16(2)26-22(24-15)18-9-6-7-10-19(18)25-26/h6-7,9-10H,4-5,8,11-14H2,1-3H3,(H,23,27). The quantitative estimate of drug-likeness (QED) is 0.443. The molecule has 154 valence electrons. The highest BCUT2D eigenvalue weighted by Crippen LogP contribution is 2.22. The number of hydrogen-bond donors (Lipinski definition) is 1. The number of benzene rings is 1. The van der Waals surface area contributed by atoms with Crippen LogP contribution in [0.15, 0.2) is 24.3 Å². The lowest BCUT2D eigenvalue weighted by atomic mass is 10.1. The minimum Gasteiger partial charge on any atom is -0.469 e. The number of nitrogens with one attached hydrogen (secondary N) is 1. The van der Waals surface area contributed by atoms with Gasteiger partial charge in [0.15, 0.2) is 5.65 Å². The van der Waals surface area contributed by atoms with Crippen molar-refractivity contribution in [2.45, 2.75) is 52.4 Å². The molecule has 0 spiro atoms. The topological polar surface area (TPSA) is 85.6 Å². The van der Waals surface area contributed by atoms with E-state index in [0.29, 0.717) is 25.8 Å². The Morgan fingerprint density at radius 2 is 1.90 bits per heavy atom. The number of esters is 1. The number of ether oxygens (including phenoxy) is 1. The summed E-state index contributed by atoms with van der Waals surface area (Å²) in [6, 6.07) is 7.97. The Bertz CT molecular complexity index is 1030. The predicted molar refractivity (Wildman–Crippen MR) is 112 cm³/mol. The van der Waals surface area contributed by atoms with Crippen molar-refractivity contribution in [3.05, 3.63) is 41.2 Å². The van der Waals surface area contributed by atoms with E-state index in [2.05, 4.69) is 15.2 Å². The Kier molecular flexibility index (Phi) is 6.80. The second-order valence-electron chi connectivity index (χ2n) is 7.25. The third kappa shape index (κ3) is 4.91. The molecule has 0 unspecified atom stereocenters. The first-order chi connectivity index (χ1) is 14.0. The number of fused-ring (bicyclic) bond motifs is 3. The van der Waals surface area contributed by atoms with Gasteiger partial charge in [-0.2, -0.15) is 5.10 Å². The average molecular weight is 396 g/mol. The number of methoxy groups -OCH3 is 1. The Labute approximate surface area is 170 Å². The molecule has 2 heterocycles. The van der Waals surface area contributed by atoms with Crippen LogP contribution in [0.1, 0.15) is 49.1 Å². The van der Waals surface area contributed by atoms with Gasteiger partial charge in [-0.05, 0) is 50.8 Å². The van der Waals surface area contributed by atoms with Gasteiger partial charge in [-0.3, -0.25) is 9.59 Å². The molecule has 0 fully saturated rings. The summed E-state index contributed by atoms with van der Waals surface area (Å²) >= 11 is 0. The molecule has 0 aliphatic rings. The van der Waals surface area contributed by atoms with Crippen LogP contribution in [-0.2, 0) is 20.7 Å². The van der Waals surface area contributed by atoms with Crippen LogP contribution in [0.3, 0.4) is 0 Å². The van der Waals surface area contributed by atoms with Gasteiger partial charge < -0.3 is 10.1 Å². The maximum absolute atomic E-state index is 12.2. The third-order valence-electron chi connectivity index (χ3n) is 5.23. The van der Waals surface area contributed by atoms with Crippen LogP contribution >= 0.6 is 0 Å². The molecule has 1 amide bonds. The fourth-order valence-electron chi connectivity index (χ4n) is 3.57. The lowest BCUT2D eigenvalue weighted by Gasteiger charge is -2.11. The van der Waals surface area contributed by atoms with Crippen molar-refractivity contribution in [3.63, 3.8) is 0 Å². The number of unbranched alkanes of at least 4 members (excludes halogenated alkanes) is 2. The van der Waals surface area contributed by atoms with Gasteiger partial charge in [0.25, 0.3) is 0 Å². The molecule has 0 bridgehead atoms. The highest BCUT2D eigenvalue weighted by molar-refractivity contribution is 5.92. The number of amides is 1. The first-order valence-electron chi connectivity index (χ1n) is 10.1. The number of aryl methyl sites for hydroxylation is 2. The molecular weight excluding hydrogens is 368 g/mol. The molecule has 0 radical (unpaired) electrons. The maximum Gasteiger partial charge on any atom is 0.305 e. The first-order valence-corrected chi connectivity index (χ1v) is 10.1. The van der Waals surface area contributed by atoms with Crippen LogP contribution in [0.2, 0.25) is 0 Å². The zero-order valence-corrected chi connectivity index (χ0v) is 17.3. The molecule has 0 saturated heterocycles. The Morgan fingerprint density at radius 1 is 1.10 bits per heavy atom. The average Bonchev–Trinajstić information content (AvgIpc) is 3.09. The van der Waals surface area contributed by atoms with Crippen LogP contribution in [0, 0.1) is 13.8 Å². The number of carbonyl (C=O) groups excluding carboxylic acids is 2. The highest BCUT2D eigenvalue weighted by atomic mass is 16.5. The van der Waals surface area contributed by atoms with Crippen molar-refractivity contribution in [2.24, 2.45) is 0 Å². The molecular formula is C22H28N4O3. The second-order valence-corrected chi connectivity index (χ2v) is 7.25. The van der Waals surface area contributed by atoms with Crippen molar-refractivity contribution in [2.75, 3.05) is 13.7 Å². The summed E-state index contributed by atoms with van der Waals surface area (Å²) in [5, 5.41) is 8.65. The van der Waals surface area contributed by atoms with Crippen molar-refractivity contribution < 1.29 is 14.3 Å². The summed E-state index contributed by atoms with van der Waals surface area (Å²) in [6.45, 7) is 4.64. The summed E-state index contributed by atoms with van der Waals surface area (Å²) in [6.07, 6.45) is 4.00. The summed E-state index contributed by atoms with van der Waals surface area (Å²) in [5.74, 6) is -0.155. The van der Waals surface area contributed by atoms with Gasteiger partial charge in [0.1, 0.15) is 0 Å². The number of hydrogen-bond acceptors (Lipinski definition) is 5. The van der Waals surface area contributed by atoms with Gasteiger partial charge in [-0.25, -0.2) is 9.50 Å². The monoisotopic (exact) mass is 396 g/mol. The Morgan fingerprint density at radius 3 is 2.69 bits per heavy atom. The van der Waals surface area contributed by atoms with Crippen molar-refractivity contribution in [3.8, 4) is 0 Å². The van der Waals surface area contributed by atoms with E-state index in [1.807, 2.05) is 42.6 Å². The zero-order chi connectivity index (χ0) is 20.8. The van der Waals surface area contributed by atoms with E-state index in [1.54, 1.807) is 0 Å². The van der Waals surface area contributed by atoms with Gasteiger partial charge in [0, 0.05) is 36.2 Å². The van der Waals surface area contributed by atoms with Crippen LogP contribution < -0.4 is 5.32 Å². The molecule has 7 nitrogen and oxygen atoms in total. The molecule has 0 saturated carbocycles. The Balaban J connectivity index is 1.54. The van der Waals surface area contributed by atoms with Crippen molar-refractivity contribution >= 4 is 28.4 Å². The molecule has 29 heavy (non-hydrogen) atoms. The molecule has 1 N–H and O–H groups in total. The molecule has 2 aromatic heterocycles. The van der Waals surface area contributed by atoms with Gasteiger partial charge >= 0.3 is 5.97 Å². The third-order valence-corrected chi connectivity index (χ3v) is 5.23. The number of nitrogens with zero attached hydrogens (tertiary/aromatic N) is 3. The van der Waals surface area contributed by atoms with Gasteiger partial charge in [0.05, 0.1) is 12.6 Å². The normalized spacial score (nSPS) is 11.1. The number of carbonyl (C=O) groups is 2. The Hall–Kier alpha value is -2.96. The van der Waals surface area contributed by atoms with Gasteiger partial charge in [-0.1, -0.05) is 18.6 Å². The lowest BCUT2D eigenvalue weighted by Crippen LogP contribution is -2.25. The minimum absolute atomic E-state index is 0.0301. The fourth-order valence-corrected chi connectivity index (χ4v) is 3.57. The van der Waals surface area contributed by atoms with Crippen LogP contribution in [0.5, 0.6) is 0 Å². The van der Waals surface area contributed by atoms with E-state index >= 15 is 0 Å². The first kappa shape index (κ1) is 20.8. The largest absolute Gasteiger partial charge is 0.469 e. The second kappa shape index (κ2) is 9.49. The predicted octanol–water partition coefficient (Wildman–Crippen LogP) is 3.28. The van der Waals surface area contributed by atoms with E-state index in [1.165, 1.54) is 7.11 Å². The zero-order valence-electron chi connectivity index (χ0n) is 17.3. The fraction of sp³-hybridized carbons (Fsp3) is 0.455. The van der Waals surface area contributed by atoms with E-state index < -0.39 is 0 Å². The van der Waals surface area contributed by atoms with E-state index in [-0.39, 0.29) is 11.9 Å². The lowest BCUT2D eigenvalue weighted by molar-refractivity contribution is -0.140. The summed E-state index contributed by atoms with van der Waals surface area (Å²) in [4.78, 5) is 28.0. The van der Waals surface area contributed by atoms with Crippen LogP contribution in [0.4, 0.5) is 0 Å². The minimum atomic E-state index is -0.185. The molecule has 3 aromatic rings. The van der Waals surface area contributed by atoms with Crippen molar-refractivity contribution in [1.29, 1.82) is 0 Å². The molecule has 1 aromatic carbocycles. The molecule has 0 aliphatic heterocycles. The molecule has 3 rings (SSSR count). The van der Waals surface area contributed by atoms with Gasteiger partial charge in [-0.15, -0.1) is 0 Å². The smallest absolute Gasteiger partial charge is 0.305 e. The van der Waals surface area contributed by atoms with Crippen LogP contribution in [-0.4, -0.2) is 40.1 Å². The van der Waals surface area contributed by atoms with E-state index in [9.17, 15) is 9.59 Å². The van der Waals surface area contributed by atoms with Gasteiger partial charge in [0.2, 0.25) is 5.91 Å². The molecule has 0 atom stereocenters. The maximum atomic E-state index is 12.2. The summed E-state index contributed by atoms with van der Waals surface area (Å²) in [7, 11) is 1.40. The SMILES string of the molecule is COC(=O)CCCCCNC(=O)CCc1c(C)nc2c3ccccc3nn2c1C. The highest BCUT2D eigenvalue weighted by Gasteiger charge is 2.14. The number of aromatic nitrogens is 3. The molecule has 7 heteroatoms. The number of rotatable bonds is 9. The van der Waals surface area contributed by atoms with E-state index in [4.69, 9.17) is 4.98 Å². The summed E-state index contributed by atoms with van der Waals surface area (Å²) in [5.41, 5.74) is 4.81. The summed E-state index contributed by atoms with van der Waals surface area (Å²) < 4.78 is 6.49. The van der Waals surface area contributed by atoms with E-state index in [0.717, 1.165) is 52.8 Å². The molecule has 0 aliphatic carbocycles. The van der Waals surface area contributed by atoms with Crippen molar-refractivity contribution in [1.82, 2.24) is 19.9 Å². The van der Waals surface area contributed by atoms with Crippen LogP contribution in [0.25, 0.3) is 16.6 Å².